The molecule has 4 rings (SSSR count). The highest BCUT2D eigenvalue weighted by Gasteiger charge is 2.15. The Hall–Kier alpha value is -2.60. The van der Waals surface area contributed by atoms with E-state index in [2.05, 4.69) is 9.97 Å². The van der Waals surface area contributed by atoms with E-state index in [9.17, 15) is 4.79 Å². The molecule has 0 spiro atoms. The van der Waals surface area contributed by atoms with Crippen LogP contribution >= 0.6 is 11.3 Å². The largest absolute Gasteiger partial charge is 0.472 e. The first-order chi connectivity index (χ1) is 9.83. The molecular weight excluding hydrogens is 276 g/mol. The van der Waals surface area contributed by atoms with Gasteiger partial charge in [-0.05, 0) is 18.2 Å². The molecular formula is C14H8N2O3S. The zero-order valence-corrected chi connectivity index (χ0v) is 10.9. The van der Waals surface area contributed by atoms with Gasteiger partial charge in [-0.25, -0.2) is 4.98 Å². The van der Waals surface area contributed by atoms with Gasteiger partial charge in [-0.3, -0.25) is 4.79 Å². The van der Waals surface area contributed by atoms with Gasteiger partial charge < -0.3 is 13.8 Å². The van der Waals surface area contributed by atoms with Crippen molar-refractivity contribution in [2.75, 3.05) is 0 Å². The van der Waals surface area contributed by atoms with Crippen LogP contribution in [0.2, 0.25) is 0 Å². The lowest BCUT2D eigenvalue weighted by molar-refractivity contribution is 0.568. The number of nitrogens with zero attached hydrogens (tertiary/aromatic N) is 1. The fourth-order valence-corrected chi connectivity index (χ4v) is 3.03. The molecule has 6 heteroatoms. The lowest BCUT2D eigenvalue weighted by Crippen LogP contribution is -2.08. The van der Waals surface area contributed by atoms with Crippen LogP contribution in [0.5, 0.6) is 0 Å². The summed E-state index contributed by atoms with van der Waals surface area (Å²) < 4.78 is 10.4. The summed E-state index contributed by atoms with van der Waals surface area (Å²) in [7, 11) is 0. The molecule has 1 N–H and O–H groups in total. The third kappa shape index (κ3) is 1.62. The van der Waals surface area contributed by atoms with Crippen LogP contribution in [0.1, 0.15) is 0 Å². The fraction of sp³-hybridized carbons (Fsp3) is 0. The van der Waals surface area contributed by atoms with Crippen LogP contribution in [0.25, 0.3) is 32.9 Å². The molecule has 0 aliphatic heterocycles. The summed E-state index contributed by atoms with van der Waals surface area (Å²) in [6.07, 6.45) is 4.67. The molecule has 0 fully saturated rings. The maximum atomic E-state index is 12.3. The number of aromatic nitrogens is 2. The van der Waals surface area contributed by atoms with E-state index >= 15 is 0 Å². The smallest absolute Gasteiger partial charge is 0.260 e. The monoisotopic (exact) mass is 284 g/mol. The summed E-state index contributed by atoms with van der Waals surface area (Å²) in [4.78, 5) is 20.2. The number of fused-ring (bicyclic) bond motifs is 1. The number of hydrogen-bond donors (Lipinski definition) is 1. The Morgan fingerprint density at radius 1 is 1.25 bits per heavy atom. The van der Waals surface area contributed by atoms with Crippen molar-refractivity contribution in [3.8, 4) is 22.7 Å². The second kappa shape index (κ2) is 4.21. The van der Waals surface area contributed by atoms with Gasteiger partial charge in [0, 0.05) is 10.9 Å². The van der Waals surface area contributed by atoms with Crippen molar-refractivity contribution in [1.82, 2.24) is 9.97 Å². The number of nitrogens with one attached hydrogen (secondary N) is 1. The molecule has 0 saturated carbocycles. The highest BCUT2D eigenvalue weighted by Crippen LogP contribution is 2.31. The summed E-state index contributed by atoms with van der Waals surface area (Å²) in [6.45, 7) is 0. The van der Waals surface area contributed by atoms with Gasteiger partial charge in [0.05, 0.1) is 23.5 Å². The van der Waals surface area contributed by atoms with E-state index in [1.807, 2.05) is 11.4 Å². The highest BCUT2D eigenvalue weighted by molar-refractivity contribution is 7.17. The average Bonchev–Trinajstić information content (AvgIpc) is 3.19. The molecule has 0 saturated heterocycles. The molecule has 0 atom stereocenters. The molecule has 5 nitrogen and oxygen atoms in total. The minimum absolute atomic E-state index is 0.182. The van der Waals surface area contributed by atoms with Crippen LogP contribution in [0.15, 0.2) is 56.0 Å². The molecule has 4 aromatic heterocycles. The van der Waals surface area contributed by atoms with Gasteiger partial charge >= 0.3 is 0 Å². The van der Waals surface area contributed by atoms with E-state index < -0.39 is 0 Å². The van der Waals surface area contributed by atoms with Crippen LogP contribution < -0.4 is 5.56 Å². The maximum absolute atomic E-state index is 12.3. The minimum Gasteiger partial charge on any atom is -0.472 e. The summed E-state index contributed by atoms with van der Waals surface area (Å²) >= 11 is 1.42. The zero-order valence-electron chi connectivity index (χ0n) is 10.1. The molecule has 4 aromatic rings. The molecule has 20 heavy (non-hydrogen) atoms. The van der Waals surface area contributed by atoms with Gasteiger partial charge in [-0.15, -0.1) is 11.3 Å². The molecule has 0 aliphatic carbocycles. The summed E-state index contributed by atoms with van der Waals surface area (Å²) in [5, 5.41) is 2.43. The van der Waals surface area contributed by atoms with Crippen LogP contribution in [-0.2, 0) is 0 Å². The Morgan fingerprint density at radius 2 is 2.20 bits per heavy atom. The Bertz CT molecular complexity index is 917. The molecule has 0 radical (unpaired) electrons. The first-order valence-corrected chi connectivity index (χ1v) is 6.79. The molecule has 4 heterocycles. The summed E-state index contributed by atoms with van der Waals surface area (Å²) in [5.74, 6) is 1.17. The average molecular weight is 284 g/mol. The van der Waals surface area contributed by atoms with E-state index in [1.54, 1.807) is 30.9 Å². The number of thiophene rings is 1. The van der Waals surface area contributed by atoms with Crippen molar-refractivity contribution in [3.05, 3.63) is 52.7 Å². The molecule has 0 aromatic carbocycles. The van der Waals surface area contributed by atoms with Crippen molar-refractivity contribution in [1.29, 1.82) is 0 Å². The van der Waals surface area contributed by atoms with Crippen molar-refractivity contribution in [2.24, 2.45) is 0 Å². The Balaban J connectivity index is 1.98. The topological polar surface area (TPSA) is 72.0 Å². The van der Waals surface area contributed by atoms with E-state index in [0.29, 0.717) is 21.8 Å². The quantitative estimate of drug-likeness (QED) is 0.611. The van der Waals surface area contributed by atoms with Gasteiger partial charge in [0.15, 0.2) is 0 Å². The molecule has 0 amide bonds. The Morgan fingerprint density at radius 3 is 2.95 bits per heavy atom. The second-order valence-electron chi connectivity index (χ2n) is 4.23. The zero-order chi connectivity index (χ0) is 13.5. The Labute approximate surface area is 116 Å². The van der Waals surface area contributed by atoms with Gasteiger partial charge in [-0.1, -0.05) is 0 Å². The third-order valence-corrected chi connectivity index (χ3v) is 3.90. The van der Waals surface area contributed by atoms with Crippen molar-refractivity contribution in [3.63, 3.8) is 0 Å². The number of rotatable bonds is 2. The fourth-order valence-electron chi connectivity index (χ4n) is 2.10. The maximum Gasteiger partial charge on any atom is 0.260 e. The standard InChI is InChI=1S/C14H8N2O3S/c17-13-11-9(10-2-1-4-19-10)7-20-14(11)16-12(15-13)8-3-5-18-6-8/h1-7H,(H,15,16,17). The first-order valence-electron chi connectivity index (χ1n) is 5.91. The van der Waals surface area contributed by atoms with Gasteiger partial charge in [0.2, 0.25) is 0 Å². The van der Waals surface area contributed by atoms with Crippen LogP contribution in [0.4, 0.5) is 0 Å². The summed E-state index contributed by atoms with van der Waals surface area (Å²) in [6, 6.07) is 5.37. The lowest BCUT2D eigenvalue weighted by Gasteiger charge is -1.98. The number of aromatic amines is 1. The van der Waals surface area contributed by atoms with Crippen molar-refractivity contribution < 1.29 is 8.83 Å². The van der Waals surface area contributed by atoms with Gasteiger partial charge in [0.25, 0.3) is 5.56 Å². The number of H-pyrrole nitrogens is 1. The lowest BCUT2D eigenvalue weighted by atomic mass is 10.2. The first kappa shape index (κ1) is 11.2. The van der Waals surface area contributed by atoms with Crippen molar-refractivity contribution >= 4 is 21.6 Å². The highest BCUT2D eigenvalue weighted by atomic mass is 32.1. The summed E-state index contributed by atoms with van der Waals surface area (Å²) in [5.41, 5.74) is 1.33. The number of furan rings is 2. The normalized spacial score (nSPS) is 11.2. The van der Waals surface area contributed by atoms with E-state index in [0.717, 1.165) is 11.1 Å². The van der Waals surface area contributed by atoms with Crippen LogP contribution in [0, 0.1) is 0 Å². The molecule has 0 aliphatic rings. The predicted octanol–water partition coefficient (Wildman–Crippen LogP) is 3.50. The molecule has 0 bridgehead atoms. The van der Waals surface area contributed by atoms with Crippen LogP contribution in [0.3, 0.4) is 0 Å². The predicted molar refractivity (Wildman–Crippen MR) is 75.6 cm³/mol. The van der Waals surface area contributed by atoms with E-state index in [-0.39, 0.29) is 5.56 Å². The van der Waals surface area contributed by atoms with E-state index in [1.165, 1.54) is 11.3 Å². The second-order valence-corrected chi connectivity index (χ2v) is 5.09. The van der Waals surface area contributed by atoms with Crippen molar-refractivity contribution in [2.45, 2.75) is 0 Å². The van der Waals surface area contributed by atoms with Gasteiger partial charge in [-0.2, -0.15) is 0 Å². The third-order valence-electron chi connectivity index (χ3n) is 3.03. The minimum atomic E-state index is -0.182. The van der Waals surface area contributed by atoms with Crippen LogP contribution in [-0.4, -0.2) is 9.97 Å². The molecule has 0 unspecified atom stereocenters. The SMILES string of the molecule is O=c1[nH]c(-c2ccoc2)nc2scc(-c3ccco3)c12. The number of hydrogen-bond acceptors (Lipinski definition) is 5. The molecule has 98 valence electrons. The van der Waals surface area contributed by atoms with E-state index in [4.69, 9.17) is 8.83 Å². The van der Waals surface area contributed by atoms with Gasteiger partial charge in [0.1, 0.15) is 22.7 Å². The Kier molecular flexibility index (Phi) is 2.37.